The van der Waals surface area contributed by atoms with Crippen LogP contribution in [0, 0.1) is 12.8 Å². The van der Waals surface area contributed by atoms with E-state index in [-0.39, 0.29) is 5.03 Å². The monoisotopic (exact) mass is 336 g/mol. The number of aryl methyl sites for hydroxylation is 1. The zero-order valence-electron chi connectivity index (χ0n) is 12.8. The first-order valence-corrected chi connectivity index (χ1v) is 9.77. The molecule has 1 aromatic heterocycles. The van der Waals surface area contributed by atoms with Gasteiger partial charge in [0.05, 0.1) is 9.88 Å². The highest BCUT2D eigenvalue weighted by Crippen LogP contribution is 2.35. The number of thiazole rings is 1. The lowest BCUT2D eigenvalue weighted by Gasteiger charge is -2.29. The number of rotatable bonds is 3. The molecule has 0 saturated carbocycles. The lowest BCUT2D eigenvalue weighted by molar-refractivity contribution is 0.281. The molecule has 1 aliphatic heterocycles. The maximum Gasteiger partial charge on any atom is 0.262 e. The van der Waals surface area contributed by atoms with Gasteiger partial charge in [-0.3, -0.25) is 0 Å². The topological polar surface area (TPSA) is 50.3 Å². The predicted octanol–water partition coefficient (Wildman–Crippen LogP) is 3.54. The third kappa shape index (κ3) is 2.95. The van der Waals surface area contributed by atoms with Crippen LogP contribution in [-0.2, 0) is 10.0 Å². The van der Waals surface area contributed by atoms with Crippen LogP contribution in [0.1, 0.15) is 24.8 Å². The molecule has 0 N–H and O–H groups in total. The second-order valence-electron chi connectivity index (χ2n) is 5.84. The number of benzene rings is 1. The highest BCUT2D eigenvalue weighted by molar-refractivity contribution is 7.89. The molecule has 0 bridgehead atoms. The van der Waals surface area contributed by atoms with E-state index in [0.717, 1.165) is 28.3 Å². The van der Waals surface area contributed by atoms with Gasteiger partial charge in [-0.2, -0.15) is 4.31 Å². The summed E-state index contributed by atoms with van der Waals surface area (Å²) in [5.41, 5.74) is 0.914. The van der Waals surface area contributed by atoms with Gasteiger partial charge in [0.1, 0.15) is 0 Å². The van der Waals surface area contributed by atoms with E-state index in [1.165, 1.54) is 11.3 Å². The highest BCUT2D eigenvalue weighted by atomic mass is 32.2. The molecular formula is C16H20N2O2S2. The van der Waals surface area contributed by atoms with Crippen molar-refractivity contribution in [2.45, 2.75) is 31.7 Å². The molecule has 1 fully saturated rings. The van der Waals surface area contributed by atoms with Gasteiger partial charge < -0.3 is 0 Å². The van der Waals surface area contributed by atoms with Crippen molar-refractivity contribution in [3.8, 4) is 10.4 Å². The first-order chi connectivity index (χ1) is 10.5. The van der Waals surface area contributed by atoms with Gasteiger partial charge in [0.2, 0.25) is 0 Å². The Kier molecular flexibility index (Phi) is 4.34. The Balaban J connectivity index is 2.04. The molecule has 2 heterocycles. The van der Waals surface area contributed by atoms with Crippen LogP contribution in [0.15, 0.2) is 35.4 Å². The Morgan fingerprint density at radius 1 is 1.27 bits per heavy atom. The summed E-state index contributed by atoms with van der Waals surface area (Å²) in [5.74, 6) is 0.406. The van der Waals surface area contributed by atoms with Gasteiger partial charge in [0.25, 0.3) is 10.0 Å². The number of hydrogen-bond donors (Lipinski definition) is 0. The lowest BCUT2D eigenvalue weighted by atomic mass is 10.0. The van der Waals surface area contributed by atoms with Gasteiger partial charge in [0.15, 0.2) is 5.03 Å². The lowest BCUT2D eigenvalue weighted by Crippen LogP contribution is -2.39. The minimum absolute atomic E-state index is 0.218. The Bertz CT molecular complexity index is 754. The molecular weight excluding hydrogens is 316 g/mol. The number of nitrogens with zero attached hydrogens (tertiary/aromatic N) is 2. The summed E-state index contributed by atoms with van der Waals surface area (Å²) in [6.45, 7) is 5.14. The Morgan fingerprint density at radius 3 is 2.68 bits per heavy atom. The fourth-order valence-electron chi connectivity index (χ4n) is 2.84. The van der Waals surface area contributed by atoms with Crippen LogP contribution in [0.3, 0.4) is 0 Å². The molecule has 118 valence electrons. The zero-order chi connectivity index (χ0) is 15.7. The van der Waals surface area contributed by atoms with Crippen LogP contribution in [0.2, 0.25) is 0 Å². The van der Waals surface area contributed by atoms with E-state index in [2.05, 4.69) is 11.9 Å². The molecule has 1 saturated heterocycles. The van der Waals surface area contributed by atoms with E-state index < -0.39 is 10.0 Å². The van der Waals surface area contributed by atoms with Gasteiger partial charge in [-0.1, -0.05) is 37.3 Å². The minimum Gasteiger partial charge on any atom is -0.228 e. The van der Waals surface area contributed by atoms with Gasteiger partial charge >= 0.3 is 0 Å². The van der Waals surface area contributed by atoms with Gasteiger partial charge in [0, 0.05) is 13.1 Å². The molecule has 2 aromatic rings. The van der Waals surface area contributed by atoms with E-state index >= 15 is 0 Å². The second kappa shape index (κ2) is 6.10. The van der Waals surface area contributed by atoms with E-state index in [4.69, 9.17) is 0 Å². The van der Waals surface area contributed by atoms with Crippen LogP contribution < -0.4 is 0 Å². The van der Waals surface area contributed by atoms with Crippen molar-refractivity contribution in [2.75, 3.05) is 13.1 Å². The molecule has 1 unspecified atom stereocenters. The van der Waals surface area contributed by atoms with Crippen LogP contribution in [0.25, 0.3) is 10.4 Å². The Morgan fingerprint density at radius 2 is 2.00 bits per heavy atom. The molecule has 0 spiro atoms. The maximum atomic E-state index is 13.0. The summed E-state index contributed by atoms with van der Waals surface area (Å²) >= 11 is 1.44. The standard InChI is InChI=1S/C16H20N2O2S2/c1-12-7-6-10-18(11-12)22(19,20)16-15(21-13(2)17-16)14-8-4-3-5-9-14/h3-5,8-9,12H,6-7,10-11H2,1-2H3. The van der Waals surface area contributed by atoms with Crippen molar-refractivity contribution < 1.29 is 8.42 Å². The van der Waals surface area contributed by atoms with Gasteiger partial charge in [-0.25, -0.2) is 13.4 Å². The van der Waals surface area contributed by atoms with Crippen molar-refractivity contribution in [1.82, 2.24) is 9.29 Å². The third-order valence-electron chi connectivity index (χ3n) is 3.94. The third-order valence-corrected chi connectivity index (χ3v) is 6.89. The predicted molar refractivity (Wildman–Crippen MR) is 89.4 cm³/mol. The number of aromatic nitrogens is 1. The molecule has 6 heteroatoms. The van der Waals surface area contributed by atoms with Crippen molar-refractivity contribution in [3.05, 3.63) is 35.3 Å². The molecule has 0 amide bonds. The quantitative estimate of drug-likeness (QED) is 0.861. The average Bonchev–Trinajstić information content (AvgIpc) is 2.91. The summed E-state index contributed by atoms with van der Waals surface area (Å²) in [5, 5.41) is 0.998. The summed E-state index contributed by atoms with van der Waals surface area (Å²) in [6, 6.07) is 9.64. The average molecular weight is 336 g/mol. The zero-order valence-corrected chi connectivity index (χ0v) is 14.5. The van der Waals surface area contributed by atoms with Crippen LogP contribution >= 0.6 is 11.3 Å². The smallest absolute Gasteiger partial charge is 0.228 e. The molecule has 22 heavy (non-hydrogen) atoms. The van der Waals surface area contributed by atoms with Crippen molar-refractivity contribution in [1.29, 1.82) is 0 Å². The van der Waals surface area contributed by atoms with Crippen molar-refractivity contribution in [2.24, 2.45) is 5.92 Å². The summed E-state index contributed by atoms with van der Waals surface area (Å²) in [7, 11) is -3.52. The fraction of sp³-hybridized carbons (Fsp3) is 0.438. The van der Waals surface area contributed by atoms with Gasteiger partial charge in [-0.15, -0.1) is 11.3 Å². The summed E-state index contributed by atoms with van der Waals surface area (Å²) in [6.07, 6.45) is 2.01. The molecule has 0 radical (unpaired) electrons. The molecule has 1 aromatic carbocycles. The molecule has 1 aliphatic rings. The molecule has 0 aliphatic carbocycles. The number of piperidine rings is 1. The number of hydrogen-bond acceptors (Lipinski definition) is 4. The fourth-order valence-corrected chi connectivity index (χ4v) is 5.83. The SMILES string of the molecule is Cc1nc(S(=O)(=O)N2CCCC(C)C2)c(-c2ccccc2)s1. The summed E-state index contributed by atoms with van der Waals surface area (Å²) < 4.78 is 27.6. The molecule has 4 nitrogen and oxygen atoms in total. The van der Waals surface area contributed by atoms with E-state index in [9.17, 15) is 8.42 Å². The maximum absolute atomic E-state index is 13.0. The van der Waals surface area contributed by atoms with Crippen molar-refractivity contribution in [3.63, 3.8) is 0 Å². The minimum atomic E-state index is -3.52. The van der Waals surface area contributed by atoms with Crippen molar-refractivity contribution >= 4 is 21.4 Å². The largest absolute Gasteiger partial charge is 0.262 e. The van der Waals surface area contributed by atoms with Gasteiger partial charge in [-0.05, 0) is 31.2 Å². The first-order valence-electron chi connectivity index (χ1n) is 7.51. The van der Waals surface area contributed by atoms with E-state index in [1.807, 2.05) is 37.3 Å². The Labute approximate surface area is 135 Å². The van der Waals surface area contributed by atoms with Crippen LogP contribution in [-0.4, -0.2) is 30.8 Å². The highest BCUT2D eigenvalue weighted by Gasteiger charge is 2.33. The molecule has 1 atom stereocenters. The second-order valence-corrected chi connectivity index (χ2v) is 8.90. The first kappa shape index (κ1) is 15.6. The van der Waals surface area contributed by atoms with E-state index in [1.54, 1.807) is 4.31 Å². The van der Waals surface area contributed by atoms with Crippen LogP contribution in [0.4, 0.5) is 0 Å². The summed E-state index contributed by atoms with van der Waals surface area (Å²) in [4.78, 5) is 5.09. The van der Waals surface area contributed by atoms with E-state index in [0.29, 0.717) is 19.0 Å². The molecule has 3 rings (SSSR count). The normalized spacial score (nSPS) is 20.2. The number of sulfonamides is 1. The Hall–Kier alpha value is -1.24. The van der Waals surface area contributed by atoms with Crippen LogP contribution in [0.5, 0.6) is 0 Å².